The molecule has 1 aromatic carbocycles. The number of morpholine rings is 1. The summed E-state index contributed by atoms with van der Waals surface area (Å²) in [5.41, 5.74) is 3.76. The standard InChI is InChI=1S/C20H32N4O2/c1-6-21-20(22-10-9-19(25)23(4)5)24-11-12-26-18(14-24)17-8-7-15(2)13-16(17)3/h7-8,13,18H,6,9-12,14H2,1-5H3,(H,21,22). The van der Waals surface area contributed by atoms with E-state index in [2.05, 4.69) is 54.2 Å². The minimum atomic E-state index is 0.0385. The second-order valence-corrected chi connectivity index (χ2v) is 6.94. The number of guanidine groups is 1. The van der Waals surface area contributed by atoms with Crippen molar-refractivity contribution in [3.63, 3.8) is 0 Å². The summed E-state index contributed by atoms with van der Waals surface area (Å²) < 4.78 is 6.03. The molecule has 6 nitrogen and oxygen atoms in total. The molecular weight excluding hydrogens is 328 g/mol. The molecule has 1 amide bonds. The molecule has 0 saturated carbocycles. The number of nitrogens with zero attached hydrogens (tertiary/aromatic N) is 3. The first-order chi connectivity index (χ1) is 12.4. The topological polar surface area (TPSA) is 57.2 Å². The van der Waals surface area contributed by atoms with E-state index in [-0.39, 0.29) is 12.0 Å². The number of carbonyl (C=O) groups excluding carboxylic acids is 1. The van der Waals surface area contributed by atoms with Crippen LogP contribution in [0.5, 0.6) is 0 Å². The summed E-state index contributed by atoms with van der Waals surface area (Å²) in [6, 6.07) is 6.50. The molecule has 0 aromatic heterocycles. The van der Waals surface area contributed by atoms with Gasteiger partial charge in [-0.2, -0.15) is 0 Å². The number of nitrogens with one attached hydrogen (secondary N) is 1. The summed E-state index contributed by atoms with van der Waals surface area (Å²) in [4.78, 5) is 20.3. The molecule has 1 saturated heterocycles. The third-order valence-corrected chi connectivity index (χ3v) is 4.56. The normalized spacial score (nSPS) is 18.0. The predicted molar refractivity (Wildman–Crippen MR) is 105 cm³/mol. The van der Waals surface area contributed by atoms with Gasteiger partial charge in [0, 0.05) is 33.6 Å². The average Bonchev–Trinajstić information content (AvgIpc) is 2.61. The van der Waals surface area contributed by atoms with Crippen molar-refractivity contribution in [2.24, 2.45) is 4.99 Å². The Morgan fingerprint density at radius 3 is 2.81 bits per heavy atom. The van der Waals surface area contributed by atoms with Crippen LogP contribution in [0.2, 0.25) is 0 Å². The van der Waals surface area contributed by atoms with Crippen molar-refractivity contribution in [3.8, 4) is 0 Å². The number of benzene rings is 1. The van der Waals surface area contributed by atoms with Gasteiger partial charge >= 0.3 is 0 Å². The summed E-state index contributed by atoms with van der Waals surface area (Å²) in [5.74, 6) is 0.955. The maximum atomic E-state index is 11.8. The SMILES string of the molecule is CCNC(=NCCC(=O)N(C)C)N1CCOC(c2ccc(C)cc2C)C1. The van der Waals surface area contributed by atoms with Crippen molar-refractivity contribution in [3.05, 3.63) is 34.9 Å². The lowest BCUT2D eigenvalue weighted by molar-refractivity contribution is -0.128. The minimum absolute atomic E-state index is 0.0385. The molecule has 1 fully saturated rings. The Morgan fingerprint density at radius 1 is 1.38 bits per heavy atom. The Hall–Kier alpha value is -2.08. The van der Waals surface area contributed by atoms with E-state index in [9.17, 15) is 4.79 Å². The number of hydrogen-bond acceptors (Lipinski definition) is 3. The molecule has 1 aromatic rings. The summed E-state index contributed by atoms with van der Waals surface area (Å²) in [6.45, 7) is 9.82. The van der Waals surface area contributed by atoms with Crippen molar-refractivity contribution in [1.29, 1.82) is 0 Å². The van der Waals surface area contributed by atoms with Gasteiger partial charge in [0.2, 0.25) is 5.91 Å². The Kier molecular flexibility index (Phi) is 7.45. The number of aliphatic imine (C=N–C) groups is 1. The third-order valence-electron chi connectivity index (χ3n) is 4.56. The van der Waals surface area contributed by atoms with Crippen molar-refractivity contribution >= 4 is 11.9 Å². The molecule has 0 radical (unpaired) electrons. The van der Waals surface area contributed by atoms with Crippen LogP contribution in [-0.4, -0.2) is 68.5 Å². The van der Waals surface area contributed by atoms with Crippen LogP contribution >= 0.6 is 0 Å². The van der Waals surface area contributed by atoms with Gasteiger partial charge in [-0.3, -0.25) is 9.79 Å². The summed E-state index contributed by atoms with van der Waals surface area (Å²) in [5, 5.41) is 3.35. The predicted octanol–water partition coefficient (Wildman–Crippen LogP) is 2.12. The van der Waals surface area contributed by atoms with Crippen LogP contribution < -0.4 is 5.32 Å². The van der Waals surface area contributed by atoms with Crippen LogP contribution in [0.1, 0.15) is 36.1 Å². The molecule has 0 aliphatic carbocycles. The first-order valence-corrected chi connectivity index (χ1v) is 9.34. The summed E-state index contributed by atoms with van der Waals surface area (Å²) in [6.07, 6.45) is 0.462. The lowest BCUT2D eigenvalue weighted by atomic mass is 10.00. The Bertz CT molecular complexity index is 643. The number of carbonyl (C=O) groups is 1. The van der Waals surface area contributed by atoms with E-state index in [1.807, 2.05) is 0 Å². The van der Waals surface area contributed by atoms with Gasteiger partial charge in [0.15, 0.2) is 5.96 Å². The Balaban J connectivity index is 2.07. The van der Waals surface area contributed by atoms with Gasteiger partial charge < -0.3 is 19.9 Å². The lowest BCUT2D eigenvalue weighted by Gasteiger charge is -2.36. The van der Waals surface area contributed by atoms with E-state index in [0.717, 1.165) is 25.6 Å². The number of amides is 1. The highest BCUT2D eigenvalue weighted by Crippen LogP contribution is 2.25. The summed E-state index contributed by atoms with van der Waals surface area (Å²) >= 11 is 0. The molecule has 1 heterocycles. The van der Waals surface area contributed by atoms with E-state index in [1.54, 1.807) is 19.0 Å². The first kappa shape index (κ1) is 20.2. The fourth-order valence-corrected chi connectivity index (χ4v) is 3.12. The van der Waals surface area contributed by atoms with Crippen molar-refractivity contribution in [1.82, 2.24) is 15.1 Å². The van der Waals surface area contributed by atoms with Crippen LogP contribution in [0.25, 0.3) is 0 Å². The number of aryl methyl sites for hydroxylation is 2. The molecule has 144 valence electrons. The fraction of sp³-hybridized carbons (Fsp3) is 0.600. The van der Waals surface area contributed by atoms with Crippen molar-refractivity contribution in [2.75, 3.05) is 46.9 Å². The Morgan fingerprint density at radius 2 is 2.15 bits per heavy atom. The van der Waals surface area contributed by atoms with Crippen LogP contribution in [0.3, 0.4) is 0 Å². The van der Waals surface area contributed by atoms with E-state index in [0.29, 0.717) is 19.6 Å². The smallest absolute Gasteiger partial charge is 0.223 e. The van der Waals surface area contributed by atoms with E-state index < -0.39 is 0 Å². The van der Waals surface area contributed by atoms with Gasteiger partial charge in [-0.15, -0.1) is 0 Å². The average molecular weight is 361 g/mol. The molecule has 1 atom stereocenters. The highest BCUT2D eigenvalue weighted by atomic mass is 16.5. The lowest BCUT2D eigenvalue weighted by Crippen LogP contribution is -2.48. The second kappa shape index (κ2) is 9.57. The molecule has 6 heteroatoms. The molecular formula is C20H32N4O2. The zero-order chi connectivity index (χ0) is 19.1. The van der Waals surface area contributed by atoms with E-state index in [1.165, 1.54) is 16.7 Å². The molecule has 1 aliphatic heterocycles. The van der Waals surface area contributed by atoms with E-state index >= 15 is 0 Å². The first-order valence-electron chi connectivity index (χ1n) is 9.34. The highest BCUT2D eigenvalue weighted by molar-refractivity contribution is 5.81. The molecule has 0 bridgehead atoms. The van der Waals surface area contributed by atoms with Crippen LogP contribution in [0.15, 0.2) is 23.2 Å². The van der Waals surface area contributed by atoms with Crippen molar-refractivity contribution < 1.29 is 9.53 Å². The molecule has 1 aliphatic rings. The van der Waals surface area contributed by atoms with Gasteiger partial charge in [0.25, 0.3) is 0 Å². The fourth-order valence-electron chi connectivity index (χ4n) is 3.12. The molecule has 1 unspecified atom stereocenters. The number of rotatable bonds is 5. The third kappa shape index (κ3) is 5.46. The van der Waals surface area contributed by atoms with Gasteiger partial charge in [-0.1, -0.05) is 23.8 Å². The van der Waals surface area contributed by atoms with Crippen LogP contribution in [0.4, 0.5) is 0 Å². The van der Waals surface area contributed by atoms with E-state index in [4.69, 9.17) is 4.74 Å². The van der Waals surface area contributed by atoms with Crippen LogP contribution in [-0.2, 0) is 9.53 Å². The second-order valence-electron chi connectivity index (χ2n) is 6.94. The van der Waals surface area contributed by atoms with Gasteiger partial charge in [0.05, 0.1) is 19.7 Å². The number of hydrogen-bond donors (Lipinski definition) is 1. The molecule has 26 heavy (non-hydrogen) atoms. The maximum Gasteiger partial charge on any atom is 0.223 e. The zero-order valence-electron chi connectivity index (χ0n) is 16.7. The molecule has 1 N–H and O–H groups in total. The van der Waals surface area contributed by atoms with Gasteiger partial charge in [-0.25, -0.2) is 0 Å². The van der Waals surface area contributed by atoms with Crippen LogP contribution in [0, 0.1) is 13.8 Å². The Labute approximate surface area is 157 Å². The quantitative estimate of drug-likeness (QED) is 0.645. The van der Waals surface area contributed by atoms with Crippen molar-refractivity contribution in [2.45, 2.75) is 33.3 Å². The minimum Gasteiger partial charge on any atom is -0.370 e. The zero-order valence-corrected chi connectivity index (χ0v) is 16.7. The largest absolute Gasteiger partial charge is 0.370 e. The maximum absolute atomic E-state index is 11.8. The van der Waals surface area contributed by atoms with Gasteiger partial charge in [0.1, 0.15) is 6.10 Å². The number of ether oxygens (including phenoxy) is 1. The molecule has 0 spiro atoms. The molecule has 2 rings (SSSR count). The summed E-state index contributed by atoms with van der Waals surface area (Å²) in [7, 11) is 3.54. The van der Waals surface area contributed by atoms with Gasteiger partial charge in [-0.05, 0) is 31.9 Å². The highest BCUT2D eigenvalue weighted by Gasteiger charge is 2.25. The monoisotopic (exact) mass is 360 g/mol.